The van der Waals surface area contributed by atoms with Gasteiger partial charge in [0.05, 0.1) is 35.0 Å². The fraction of sp³-hybridized carbons (Fsp3) is 0.417. The molecule has 37 heavy (non-hydrogen) atoms. The number of alkyl halides is 3. The fourth-order valence-electron chi connectivity index (χ4n) is 4.17. The number of nitrogens with one attached hydrogen (secondary N) is 2. The van der Waals surface area contributed by atoms with E-state index in [-0.39, 0.29) is 34.8 Å². The summed E-state index contributed by atoms with van der Waals surface area (Å²) in [7, 11) is 1.44. The van der Waals surface area contributed by atoms with Gasteiger partial charge >= 0.3 is 12.3 Å². The Labute approximate surface area is 223 Å². The largest absolute Gasteiger partial charge is 0.496 e. The highest BCUT2D eigenvalue weighted by Gasteiger charge is 2.31. The number of nitrogens with two attached hydrogens (primary N) is 1. The summed E-state index contributed by atoms with van der Waals surface area (Å²) in [5.41, 5.74) is 6.02. The zero-order valence-corrected chi connectivity index (χ0v) is 21.6. The second-order valence-electron chi connectivity index (χ2n) is 8.65. The highest BCUT2D eigenvalue weighted by molar-refractivity contribution is 6.33. The molecule has 1 aliphatic heterocycles. The van der Waals surface area contributed by atoms with Gasteiger partial charge < -0.3 is 31.1 Å². The normalized spacial score (nSPS) is 15.4. The molecule has 2 aromatic carbocycles. The zero-order valence-electron chi connectivity index (χ0n) is 20.0. The van der Waals surface area contributed by atoms with Crippen molar-refractivity contribution < 1.29 is 32.6 Å². The number of amides is 2. The van der Waals surface area contributed by atoms with Crippen LogP contribution in [-0.4, -0.2) is 55.3 Å². The molecule has 2 amide bonds. The van der Waals surface area contributed by atoms with Crippen molar-refractivity contribution in [2.75, 3.05) is 39.0 Å². The molecule has 0 radical (unpaired) electrons. The Morgan fingerprint density at radius 3 is 2.38 bits per heavy atom. The first kappa shape index (κ1) is 30.3. The van der Waals surface area contributed by atoms with Gasteiger partial charge in [-0.1, -0.05) is 23.7 Å². The molecule has 1 fully saturated rings. The summed E-state index contributed by atoms with van der Waals surface area (Å²) in [4.78, 5) is 26.0. The predicted molar refractivity (Wildman–Crippen MR) is 137 cm³/mol. The van der Waals surface area contributed by atoms with E-state index < -0.39 is 23.9 Å². The summed E-state index contributed by atoms with van der Waals surface area (Å²) in [6.45, 7) is 2.05. The van der Waals surface area contributed by atoms with Crippen LogP contribution in [-0.2, 0) is 6.18 Å². The lowest BCUT2D eigenvalue weighted by molar-refractivity contribution is -0.137. The number of ether oxygens (including phenoxy) is 1. The number of benzene rings is 2. The van der Waals surface area contributed by atoms with Crippen LogP contribution in [0.4, 0.5) is 23.7 Å². The number of carbonyl (C=O) groups is 2. The van der Waals surface area contributed by atoms with E-state index in [1.165, 1.54) is 31.4 Å². The Morgan fingerprint density at radius 1 is 1.22 bits per heavy atom. The zero-order chi connectivity index (χ0) is 26.5. The Hall–Kier alpha value is -2.89. The minimum atomic E-state index is -4.46. The molecule has 5 N–H and O–H groups in total. The van der Waals surface area contributed by atoms with Gasteiger partial charge in [-0.15, -0.1) is 12.4 Å². The smallest absolute Gasteiger partial charge is 0.416 e. The van der Waals surface area contributed by atoms with E-state index in [4.69, 9.17) is 22.1 Å². The number of nitrogen functional groups attached to an aromatic ring is 1. The summed E-state index contributed by atoms with van der Waals surface area (Å²) >= 11 is 6.04. The third-order valence-corrected chi connectivity index (χ3v) is 6.53. The lowest BCUT2D eigenvalue weighted by Gasteiger charge is -2.34. The van der Waals surface area contributed by atoms with Gasteiger partial charge in [-0.2, -0.15) is 13.2 Å². The second kappa shape index (κ2) is 13.1. The molecule has 204 valence electrons. The number of carbonyl (C=O) groups excluding carboxylic acids is 1. The minimum absolute atomic E-state index is 0. The van der Waals surface area contributed by atoms with Crippen LogP contribution >= 0.6 is 24.0 Å². The maximum Gasteiger partial charge on any atom is 0.416 e. The van der Waals surface area contributed by atoms with Crippen LogP contribution in [0.1, 0.15) is 40.4 Å². The van der Waals surface area contributed by atoms with Crippen molar-refractivity contribution >= 4 is 41.7 Å². The van der Waals surface area contributed by atoms with Crippen LogP contribution in [0.15, 0.2) is 36.4 Å². The highest BCUT2D eigenvalue weighted by atomic mass is 35.5. The molecule has 3 rings (SSSR count). The first-order valence-electron chi connectivity index (χ1n) is 11.3. The molecule has 1 unspecified atom stereocenters. The van der Waals surface area contributed by atoms with Crippen LogP contribution in [0.5, 0.6) is 5.75 Å². The van der Waals surface area contributed by atoms with Crippen molar-refractivity contribution in [1.82, 2.24) is 15.5 Å². The van der Waals surface area contributed by atoms with Gasteiger partial charge in [-0.3, -0.25) is 4.79 Å². The SMILES string of the molecule is COc1cc(N)c(Cl)cc1C(=O)NCC1CCN(CC(NC(=O)O)c2ccc(C(F)(F)F)cc2)CC1.Cl. The van der Waals surface area contributed by atoms with E-state index in [0.29, 0.717) is 43.2 Å². The van der Waals surface area contributed by atoms with Crippen LogP contribution in [0, 0.1) is 5.92 Å². The van der Waals surface area contributed by atoms with E-state index in [1.807, 2.05) is 0 Å². The van der Waals surface area contributed by atoms with Crippen molar-refractivity contribution in [1.29, 1.82) is 0 Å². The molecule has 0 aromatic heterocycles. The topological polar surface area (TPSA) is 117 Å². The van der Waals surface area contributed by atoms with Gasteiger partial charge in [0, 0.05) is 19.2 Å². The van der Waals surface area contributed by atoms with E-state index in [1.54, 1.807) is 0 Å². The number of anilines is 1. The average Bonchev–Trinajstić information content (AvgIpc) is 2.83. The molecule has 1 aliphatic rings. The Bertz CT molecular complexity index is 1080. The molecular weight excluding hydrogens is 536 g/mol. The van der Waals surface area contributed by atoms with Crippen LogP contribution in [0.3, 0.4) is 0 Å². The Balaban J connectivity index is 0.00000481. The van der Waals surface area contributed by atoms with Gasteiger partial charge in [-0.05, 0) is 55.6 Å². The molecule has 1 saturated heterocycles. The number of hydrogen-bond acceptors (Lipinski definition) is 5. The summed E-state index contributed by atoms with van der Waals surface area (Å²) in [5, 5.41) is 14.8. The molecule has 0 aliphatic carbocycles. The monoisotopic (exact) mass is 564 g/mol. The summed E-state index contributed by atoms with van der Waals surface area (Å²) < 4.78 is 43.8. The van der Waals surface area contributed by atoms with E-state index in [9.17, 15) is 27.9 Å². The number of piperidine rings is 1. The summed E-state index contributed by atoms with van der Waals surface area (Å²) in [5.74, 6) is 0.200. The Morgan fingerprint density at radius 2 is 1.84 bits per heavy atom. The number of hydrogen-bond donors (Lipinski definition) is 4. The molecular formula is C24H29Cl2F3N4O4. The number of halogens is 5. The lowest BCUT2D eigenvalue weighted by atomic mass is 9.95. The van der Waals surface area contributed by atoms with Crippen molar-refractivity contribution in [3.63, 3.8) is 0 Å². The van der Waals surface area contributed by atoms with Gasteiger partial charge in [0.25, 0.3) is 5.91 Å². The van der Waals surface area contributed by atoms with E-state index >= 15 is 0 Å². The minimum Gasteiger partial charge on any atom is -0.496 e. The molecule has 13 heteroatoms. The van der Waals surface area contributed by atoms with E-state index in [0.717, 1.165) is 25.0 Å². The van der Waals surface area contributed by atoms with Gasteiger partial charge in [0.15, 0.2) is 0 Å². The predicted octanol–water partition coefficient (Wildman–Crippen LogP) is 4.82. The maximum absolute atomic E-state index is 12.9. The van der Waals surface area contributed by atoms with Crippen LogP contribution in [0.25, 0.3) is 0 Å². The maximum atomic E-state index is 12.9. The summed E-state index contributed by atoms with van der Waals surface area (Å²) in [6.07, 6.45) is -4.20. The number of rotatable bonds is 8. The van der Waals surface area contributed by atoms with Crippen LogP contribution < -0.4 is 21.1 Å². The first-order valence-corrected chi connectivity index (χ1v) is 11.7. The second-order valence-corrected chi connectivity index (χ2v) is 9.06. The molecule has 0 saturated carbocycles. The molecule has 2 aromatic rings. The lowest BCUT2D eigenvalue weighted by Crippen LogP contribution is -2.43. The number of carboxylic acid groups (broad SMARTS) is 1. The van der Waals surface area contributed by atoms with Gasteiger partial charge in [0.2, 0.25) is 0 Å². The average molecular weight is 565 g/mol. The summed E-state index contributed by atoms with van der Waals surface area (Å²) in [6, 6.07) is 6.77. The standard InChI is InChI=1S/C24H28ClF3N4O4.ClH/c1-36-21-11-19(29)18(25)10-17(21)22(33)30-12-14-6-8-32(9-7-14)13-20(31-23(34)35)15-2-4-16(5-3-15)24(26,27)28;/h2-5,10-11,14,20,31H,6-9,12-13,29H2,1H3,(H,30,33)(H,34,35);1H. The van der Waals surface area contributed by atoms with Gasteiger partial charge in [0.1, 0.15) is 5.75 Å². The van der Waals surface area contributed by atoms with E-state index in [2.05, 4.69) is 15.5 Å². The molecule has 1 heterocycles. The number of likely N-dealkylation sites (tertiary alicyclic amines) is 1. The number of methoxy groups -OCH3 is 1. The highest BCUT2D eigenvalue weighted by Crippen LogP contribution is 2.31. The quantitative estimate of drug-likeness (QED) is 0.341. The van der Waals surface area contributed by atoms with Crippen molar-refractivity contribution in [2.24, 2.45) is 5.92 Å². The molecule has 1 atom stereocenters. The fourth-order valence-corrected chi connectivity index (χ4v) is 4.33. The van der Waals surface area contributed by atoms with Crippen LogP contribution in [0.2, 0.25) is 5.02 Å². The first-order chi connectivity index (χ1) is 17.0. The van der Waals surface area contributed by atoms with Crippen molar-refractivity contribution in [3.05, 3.63) is 58.1 Å². The molecule has 0 bridgehead atoms. The third-order valence-electron chi connectivity index (χ3n) is 6.20. The number of nitrogens with zero attached hydrogens (tertiary/aromatic N) is 1. The van der Waals surface area contributed by atoms with Crippen molar-refractivity contribution in [3.8, 4) is 5.75 Å². The Kier molecular flexibility index (Phi) is 10.7. The third kappa shape index (κ3) is 8.31. The van der Waals surface area contributed by atoms with Gasteiger partial charge in [-0.25, -0.2) is 4.79 Å². The van der Waals surface area contributed by atoms with Crippen molar-refractivity contribution in [2.45, 2.75) is 25.1 Å². The molecule has 0 spiro atoms. The molecule has 8 nitrogen and oxygen atoms in total.